The number of carbonyl (C=O) groups is 2. The fourth-order valence-corrected chi connectivity index (χ4v) is 1.87. The number of hydrogen-bond donors (Lipinski definition) is 3. The molecule has 3 N–H and O–H groups in total. The van der Waals surface area contributed by atoms with Gasteiger partial charge >= 0.3 is 6.03 Å². The zero-order valence-corrected chi connectivity index (χ0v) is 13.3. The maximum Gasteiger partial charge on any atom is 0.321 e. The van der Waals surface area contributed by atoms with Gasteiger partial charge in [0.05, 0.1) is 6.54 Å². The normalized spacial score (nSPS) is 13.3. The lowest BCUT2D eigenvalue weighted by atomic mass is 10.1. The van der Waals surface area contributed by atoms with Crippen molar-refractivity contribution in [3.63, 3.8) is 0 Å². The molecule has 0 saturated carbocycles. The number of amides is 3. The summed E-state index contributed by atoms with van der Waals surface area (Å²) in [6, 6.07) is 6.96. The van der Waals surface area contributed by atoms with E-state index in [2.05, 4.69) is 16.0 Å². The quantitative estimate of drug-likeness (QED) is 0.756. The van der Waals surface area contributed by atoms with Crippen LogP contribution in [0, 0.1) is 0 Å². The zero-order chi connectivity index (χ0) is 15.8. The minimum atomic E-state index is -0.466. The Morgan fingerprint density at radius 3 is 2.62 bits per heavy atom. The minimum absolute atomic E-state index is 0.0351. The van der Waals surface area contributed by atoms with Crippen LogP contribution < -0.4 is 16.0 Å². The molecule has 0 aromatic heterocycles. The van der Waals surface area contributed by atoms with Crippen molar-refractivity contribution in [2.45, 2.75) is 39.3 Å². The lowest BCUT2D eigenvalue weighted by molar-refractivity contribution is -0.119. The van der Waals surface area contributed by atoms with Crippen molar-refractivity contribution in [1.29, 1.82) is 0 Å². The summed E-state index contributed by atoms with van der Waals surface area (Å²) in [4.78, 5) is 23.2. The van der Waals surface area contributed by atoms with Crippen molar-refractivity contribution in [3.8, 4) is 0 Å². The SMILES string of the molecule is CC[C@@H](C)NC(=O)NC(=O)CN[C@@H](C)c1cccc(Cl)c1. The van der Waals surface area contributed by atoms with Gasteiger partial charge in [-0.3, -0.25) is 10.1 Å². The standard InChI is InChI=1S/C15H22ClN3O2/c1-4-10(2)18-15(21)19-14(20)9-17-11(3)12-6-5-7-13(16)8-12/h5-8,10-11,17H,4,9H2,1-3H3,(H2,18,19,20,21)/t10-,11+/m1/s1. The summed E-state index contributed by atoms with van der Waals surface area (Å²) in [5, 5.41) is 8.66. The van der Waals surface area contributed by atoms with Gasteiger partial charge in [-0.05, 0) is 38.0 Å². The Hall–Kier alpha value is -1.59. The first-order valence-corrected chi connectivity index (χ1v) is 7.39. The molecule has 6 heteroatoms. The van der Waals surface area contributed by atoms with Gasteiger partial charge in [-0.2, -0.15) is 0 Å². The predicted molar refractivity (Wildman–Crippen MR) is 84.3 cm³/mol. The molecule has 0 aliphatic rings. The van der Waals surface area contributed by atoms with Crippen molar-refractivity contribution in [2.75, 3.05) is 6.54 Å². The van der Waals surface area contributed by atoms with Gasteiger partial charge in [0.15, 0.2) is 0 Å². The predicted octanol–water partition coefficient (Wildman–Crippen LogP) is 2.61. The number of urea groups is 1. The highest BCUT2D eigenvalue weighted by atomic mass is 35.5. The van der Waals surface area contributed by atoms with Crippen LogP contribution in [0.5, 0.6) is 0 Å². The van der Waals surface area contributed by atoms with E-state index in [0.717, 1.165) is 12.0 Å². The van der Waals surface area contributed by atoms with E-state index in [-0.39, 0.29) is 24.5 Å². The number of carbonyl (C=O) groups excluding carboxylic acids is 2. The summed E-state index contributed by atoms with van der Waals surface area (Å²) < 4.78 is 0. The average Bonchev–Trinajstić information content (AvgIpc) is 2.44. The third kappa shape index (κ3) is 6.60. The second-order valence-corrected chi connectivity index (χ2v) is 5.42. The molecule has 0 saturated heterocycles. The van der Waals surface area contributed by atoms with Crippen LogP contribution in [0.2, 0.25) is 5.02 Å². The van der Waals surface area contributed by atoms with Gasteiger partial charge in [0.25, 0.3) is 0 Å². The van der Waals surface area contributed by atoms with Gasteiger partial charge in [0, 0.05) is 17.1 Å². The van der Waals surface area contributed by atoms with Crippen LogP contribution in [-0.4, -0.2) is 24.5 Å². The summed E-state index contributed by atoms with van der Waals surface area (Å²) in [5.74, 6) is -0.371. The van der Waals surface area contributed by atoms with Crippen molar-refractivity contribution in [1.82, 2.24) is 16.0 Å². The van der Waals surface area contributed by atoms with Crippen LogP contribution in [0.25, 0.3) is 0 Å². The second-order valence-electron chi connectivity index (χ2n) is 4.99. The molecule has 2 atom stereocenters. The highest BCUT2D eigenvalue weighted by molar-refractivity contribution is 6.30. The van der Waals surface area contributed by atoms with Gasteiger partial charge in [-0.1, -0.05) is 30.7 Å². The molecule has 1 aromatic rings. The Morgan fingerprint density at radius 1 is 1.29 bits per heavy atom. The molecule has 0 aliphatic carbocycles. The molecule has 5 nitrogen and oxygen atoms in total. The van der Waals surface area contributed by atoms with Crippen molar-refractivity contribution in [2.24, 2.45) is 0 Å². The lowest BCUT2D eigenvalue weighted by Gasteiger charge is -2.15. The lowest BCUT2D eigenvalue weighted by Crippen LogP contribution is -2.46. The molecule has 0 heterocycles. The third-order valence-corrected chi connectivity index (χ3v) is 3.40. The van der Waals surface area contributed by atoms with Crippen LogP contribution in [0.4, 0.5) is 4.79 Å². The number of nitrogens with one attached hydrogen (secondary N) is 3. The Balaban J connectivity index is 2.37. The number of rotatable bonds is 6. The van der Waals surface area contributed by atoms with E-state index < -0.39 is 6.03 Å². The minimum Gasteiger partial charge on any atom is -0.335 e. The van der Waals surface area contributed by atoms with Crippen LogP contribution in [0.3, 0.4) is 0 Å². The number of hydrogen-bond acceptors (Lipinski definition) is 3. The molecular formula is C15H22ClN3O2. The first kappa shape index (κ1) is 17.5. The van der Waals surface area contributed by atoms with E-state index in [0.29, 0.717) is 5.02 Å². The summed E-state index contributed by atoms with van der Waals surface area (Å²) in [6.07, 6.45) is 0.811. The largest absolute Gasteiger partial charge is 0.335 e. The average molecular weight is 312 g/mol. The highest BCUT2D eigenvalue weighted by Crippen LogP contribution is 2.16. The van der Waals surface area contributed by atoms with Gasteiger partial charge in [-0.15, -0.1) is 0 Å². The molecular weight excluding hydrogens is 290 g/mol. The molecule has 1 aromatic carbocycles. The van der Waals surface area contributed by atoms with E-state index in [4.69, 9.17) is 11.6 Å². The monoisotopic (exact) mass is 311 g/mol. The molecule has 0 unspecified atom stereocenters. The smallest absolute Gasteiger partial charge is 0.321 e. The number of halogens is 1. The van der Waals surface area contributed by atoms with Gasteiger partial charge in [0.2, 0.25) is 5.91 Å². The Bertz CT molecular complexity index is 494. The summed E-state index contributed by atoms with van der Waals surface area (Å²) in [6.45, 7) is 5.82. The summed E-state index contributed by atoms with van der Waals surface area (Å²) >= 11 is 5.92. The molecule has 0 fully saturated rings. The first-order chi connectivity index (χ1) is 9.92. The Morgan fingerprint density at radius 2 is 2.00 bits per heavy atom. The fourth-order valence-electron chi connectivity index (χ4n) is 1.67. The van der Waals surface area contributed by atoms with E-state index >= 15 is 0 Å². The third-order valence-electron chi connectivity index (χ3n) is 3.16. The van der Waals surface area contributed by atoms with Crippen LogP contribution in [0.15, 0.2) is 24.3 Å². The maximum absolute atomic E-state index is 11.7. The maximum atomic E-state index is 11.7. The van der Waals surface area contributed by atoms with Gasteiger partial charge < -0.3 is 10.6 Å². The van der Waals surface area contributed by atoms with E-state index in [9.17, 15) is 9.59 Å². The van der Waals surface area contributed by atoms with Crippen molar-refractivity contribution >= 4 is 23.5 Å². The number of benzene rings is 1. The topological polar surface area (TPSA) is 70.2 Å². The van der Waals surface area contributed by atoms with Gasteiger partial charge in [-0.25, -0.2) is 4.79 Å². The van der Waals surface area contributed by atoms with E-state index in [1.165, 1.54) is 0 Å². The Kier molecular flexibility index (Phi) is 7.19. The zero-order valence-electron chi connectivity index (χ0n) is 12.6. The molecule has 3 amide bonds. The molecule has 0 radical (unpaired) electrons. The summed E-state index contributed by atoms with van der Waals surface area (Å²) in [7, 11) is 0. The molecule has 0 bridgehead atoms. The molecule has 116 valence electrons. The molecule has 21 heavy (non-hydrogen) atoms. The van der Waals surface area contributed by atoms with Crippen molar-refractivity contribution < 1.29 is 9.59 Å². The molecule has 1 rings (SSSR count). The first-order valence-electron chi connectivity index (χ1n) is 7.01. The molecule has 0 aliphatic heterocycles. The van der Waals surface area contributed by atoms with Crippen molar-refractivity contribution in [3.05, 3.63) is 34.9 Å². The summed E-state index contributed by atoms with van der Waals surface area (Å²) in [5.41, 5.74) is 0.986. The van der Waals surface area contributed by atoms with Crippen LogP contribution >= 0.6 is 11.6 Å². The second kappa shape index (κ2) is 8.64. The fraction of sp³-hybridized carbons (Fsp3) is 0.467. The Labute approximate surface area is 130 Å². The van der Waals surface area contributed by atoms with Crippen LogP contribution in [-0.2, 0) is 4.79 Å². The molecule has 0 spiro atoms. The van der Waals surface area contributed by atoms with Gasteiger partial charge in [0.1, 0.15) is 0 Å². The van der Waals surface area contributed by atoms with E-state index in [1.807, 2.05) is 39.0 Å². The highest BCUT2D eigenvalue weighted by Gasteiger charge is 2.11. The van der Waals surface area contributed by atoms with Crippen LogP contribution in [0.1, 0.15) is 38.8 Å². The number of imide groups is 1. The van der Waals surface area contributed by atoms with E-state index in [1.54, 1.807) is 6.07 Å².